The van der Waals surface area contributed by atoms with Crippen molar-refractivity contribution in [2.24, 2.45) is 0 Å². The van der Waals surface area contributed by atoms with Gasteiger partial charge in [-0.3, -0.25) is 19.9 Å². The van der Waals surface area contributed by atoms with Gasteiger partial charge in [0, 0.05) is 133 Å². The summed E-state index contributed by atoms with van der Waals surface area (Å²) in [6.45, 7) is 10.8. The minimum absolute atomic E-state index is 0. The third-order valence-electron chi connectivity index (χ3n) is 16.9. The molecule has 0 amide bonds. The van der Waals surface area contributed by atoms with Crippen LogP contribution in [0.15, 0.2) is 298 Å². The molecule has 4 nitrogen and oxygen atoms in total. The van der Waals surface area contributed by atoms with E-state index in [2.05, 4.69) is 243 Å². The molecule has 10 heteroatoms. The molecule has 16 rings (SSSR count). The molecule has 0 fully saturated rings. The van der Waals surface area contributed by atoms with Gasteiger partial charge in [0.1, 0.15) is 11.6 Å². The fraction of sp³-hybridized carbons (Fsp3) is 0.0562. The Balaban J connectivity index is 0.000000152. The number of rotatable bonds is 8. The van der Waals surface area contributed by atoms with Crippen molar-refractivity contribution in [1.82, 2.24) is 19.9 Å². The van der Waals surface area contributed by atoms with Gasteiger partial charge in [0.25, 0.3) is 0 Å². The molecular formula is C89H64F2Ir4N4-4. The van der Waals surface area contributed by atoms with Gasteiger partial charge in [-0.25, -0.2) is 8.78 Å². The van der Waals surface area contributed by atoms with Gasteiger partial charge in [0.15, 0.2) is 0 Å². The predicted molar refractivity (Wildman–Crippen MR) is 389 cm³/mol. The van der Waals surface area contributed by atoms with E-state index in [0.717, 1.165) is 94.2 Å². The predicted octanol–water partition coefficient (Wildman–Crippen LogP) is 23.3. The molecule has 0 bridgehead atoms. The Morgan fingerprint density at radius 2 is 0.636 bits per heavy atom. The number of hydrogen-bond acceptors (Lipinski definition) is 4. The van der Waals surface area contributed by atoms with Crippen molar-refractivity contribution in [3.05, 3.63) is 361 Å². The summed E-state index contributed by atoms with van der Waals surface area (Å²) in [5.74, 6) is -1.17. The molecule has 99 heavy (non-hydrogen) atoms. The van der Waals surface area contributed by atoms with Crippen molar-refractivity contribution in [1.29, 1.82) is 0 Å². The van der Waals surface area contributed by atoms with Gasteiger partial charge in [0.2, 0.25) is 0 Å². The quantitative estimate of drug-likeness (QED) is 0.142. The van der Waals surface area contributed by atoms with Crippen molar-refractivity contribution >= 4 is 43.6 Å². The van der Waals surface area contributed by atoms with Crippen LogP contribution in [0.25, 0.3) is 133 Å². The molecule has 0 saturated heterocycles. The molecule has 0 aliphatic heterocycles. The van der Waals surface area contributed by atoms with E-state index in [9.17, 15) is 8.78 Å². The second-order valence-corrected chi connectivity index (χ2v) is 23.6. The summed E-state index contributed by atoms with van der Waals surface area (Å²) in [6, 6.07) is 104. The van der Waals surface area contributed by atoms with Gasteiger partial charge < -0.3 is 0 Å². The average molecular weight is 2000 g/mol. The van der Waals surface area contributed by atoms with Gasteiger partial charge in [-0.15, -0.1) is 136 Å². The van der Waals surface area contributed by atoms with E-state index in [1.54, 1.807) is 18.3 Å². The number of pyridine rings is 4. The molecule has 0 aliphatic rings. The summed E-state index contributed by atoms with van der Waals surface area (Å²) < 4.78 is 27.2. The normalized spacial score (nSPS) is 10.5. The summed E-state index contributed by atoms with van der Waals surface area (Å²) in [6.07, 6.45) is 7.28. The molecule has 12 aromatic carbocycles. The molecule has 0 spiro atoms. The number of aromatic nitrogens is 4. The Morgan fingerprint density at radius 3 is 1.06 bits per heavy atom. The zero-order valence-corrected chi connectivity index (χ0v) is 64.2. The van der Waals surface area contributed by atoms with Crippen LogP contribution >= 0.6 is 0 Å². The molecule has 0 saturated carbocycles. The van der Waals surface area contributed by atoms with Gasteiger partial charge in [-0.1, -0.05) is 203 Å². The SMILES string of the molecule is Cc1cc(C)c(-c2cc[c-]c(-c3cccc4cccnc34)c2)c(C)c1.Cc1ccc(C)c(-c2cc[c-]c(-c3cccc4cccnc34)c2)c1.Fc1ccc(-c2cc[c-]c(-c3cccc4cccnc34)c2)c(F)c1.[Ir].[Ir].[Ir].[Ir].[c-]1ccc(-c2ccccc2)cc1-c1cccc2cccnc12. The van der Waals surface area contributed by atoms with E-state index in [4.69, 9.17) is 0 Å². The molecule has 4 heterocycles. The molecule has 0 aliphatic carbocycles. The Bertz CT molecular complexity index is 5410. The molecule has 4 radical (unpaired) electrons. The van der Waals surface area contributed by atoms with Crippen LogP contribution in [0.3, 0.4) is 0 Å². The van der Waals surface area contributed by atoms with Crippen LogP contribution in [0.2, 0.25) is 0 Å². The maximum Gasteiger partial charge on any atom is 0.132 e. The van der Waals surface area contributed by atoms with Gasteiger partial charge in [-0.05, 0) is 125 Å². The molecular weight excluding hydrogens is 1930 g/mol. The van der Waals surface area contributed by atoms with Crippen molar-refractivity contribution in [2.45, 2.75) is 34.6 Å². The molecule has 0 N–H and O–H groups in total. The summed E-state index contributed by atoms with van der Waals surface area (Å²) >= 11 is 0. The number of aryl methyl sites for hydroxylation is 5. The van der Waals surface area contributed by atoms with Crippen LogP contribution in [0.5, 0.6) is 0 Å². The van der Waals surface area contributed by atoms with E-state index in [1.807, 2.05) is 97.5 Å². The monoisotopic (exact) mass is 2000 g/mol. The van der Waals surface area contributed by atoms with Crippen molar-refractivity contribution in [3.63, 3.8) is 0 Å². The van der Waals surface area contributed by atoms with E-state index in [1.165, 1.54) is 73.3 Å². The Labute approximate surface area is 632 Å². The second kappa shape index (κ2) is 34.5. The Kier molecular flexibility index (Phi) is 25.8. The summed E-state index contributed by atoms with van der Waals surface area (Å²) in [5, 5.41) is 4.49. The maximum atomic E-state index is 14.1. The molecule has 16 aromatic rings. The van der Waals surface area contributed by atoms with Crippen LogP contribution in [0.1, 0.15) is 27.8 Å². The third-order valence-corrected chi connectivity index (χ3v) is 16.9. The van der Waals surface area contributed by atoms with Crippen LogP contribution in [0.4, 0.5) is 8.78 Å². The molecule has 494 valence electrons. The van der Waals surface area contributed by atoms with Crippen molar-refractivity contribution in [3.8, 4) is 89.0 Å². The summed E-state index contributed by atoms with van der Waals surface area (Å²) in [4.78, 5) is 18.1. The number of nitrogens with zero attached hydrogens (tertiary/aromatic N) is 4. The molecule has 0 unspecified atom stereocenters. The first-order chi connectivity index (χ1) is 46.5. The van der Waals surface area contributed by atoms with Gasteiger partial charge >= 0.3 is 0 Å². The van der Waals surface area contributed by atoms with Crippen LogP contribution in [-0.4, -0.2) is 19.9 Å². The summed E-state index contributed by atoms with van der Waals surface area (Å²) in [7, 11) is 0. The minimum Gasteiger partial charge on any atom is -0.266 e. The van der Waals surface area contributed by atoms with Crippen LogP contribution in [0, 0.1) is 70.5 Å². The molecule has 0 atom stereocenters. The first-order valence-corrected chi connectivity index (χ1v) is 31.6. The third kappa shape index (κ3) is 17.2. The molecule has 4 aromatic heterocycles. The minimum atomic E-state index is -0.586. The van der Waals surface area contributed by atoms with Crippen molar-refractivity contribution < 1.29 is 89.2 Å². The van der Waals surface area contributed by atoms with Crippen molar-refractivity contribution in [2.75, 3.05) is 0 Å². The zero-order chi connectivity index (χ0) is 65.2. The van der Waals surface area contributed by atoms with E-state index >= 15 is 0 Å². The number of fused-ring (bicyclic) bond motifs is 4. The zero-order valence-electron chi connectivity index (χ0n) is 54.7. The number of halogens is 2. The average Bonchev–Trinajstić information content (AvgIpc) is 0.812. The first-order valence-electron chi connectivity index (χ1n) is 31.6. The Morgan fingerprint density at radius 1 is 0.263 bits per heavy atom. The Hall–Kier alpha value is -9.26. The van der Waals surface area contributed by atoms with Gasteiger partial charge in [-0.2, -0.15) is 0 Å². The fourth-order valence-electron chi connectivity index (χ4n) is 12.5. The van der Waals surface area contributed by atoms with Gasteiger partial charge in [0.05, 0.1) is 0 Å². The summed E-state index contributed by atoms with van der Waals surface area (Å²) in [5.41, 5.74) is 27.3. The maximum absolute atomic E-state index is 14.1. The number of hydrogen-bond donors (Lipinski definition) is 0. The van der Waals surface area contributed by atoms with E-state index < -0.39 is 11.6 Å². The van der Waals surface area contributed by atoms with Crippen LogP contribution in [-0.2, 0) is 80.4 Å². The number of para-hydroxylation sites is 4. The topological polar surface area (TPSA) is 51.6 Å². The number of benzene rings is 12. The fourth-order valence-corrected chi connectivity index (χ4v) is 12.5. The standard InChI is InChI=1S/C24H20N.C23H18N.C21H12F2N.C21H14N.4Ir/c1-16-13-17(2)23(18(3)14-16)21-9-4-8-20(15-21)22-11-5-7-19-10-6-12-25-24(19)22;1-16-11-12-17(2)22(14-16)20-8-3-7-19(15-20)21-10-4-6-18-9-5-13-24-23(18)21;22-17-9-10-18(20(23)13-17)15-5-1-6-16(12-15)19-8-2-4-14-7-3-11-24-21(14)19;1-2-7-16(8-3-1)18-10-4-11-19(15-18)20-13-5-9-17-12-6-14-22-21(17)20;;;;/h4-7,9-15H,1-3H3;3-6,8-15H,1-2H3;1-5,7-13H;1-10,12-15H;;;;/q4*-1;;;;. The van der Waals surface area contributed by atoms with Crippen LogP contribution < -0.4 is 0 Å². The first kappa shape index (κ1) is 74.0. The van der Waals surface area contributed by atoms with E-state index in [-0.39, 0.29) is 80.4 Å². The smallest absolute Gasteiger partial charge is 0.132 e. The second-order valence-electron chi connectivity index (χ2n) is 23.6. The largest absolute Gasteiger partial charge is 0.266 e. The van der Waals surface area contributed by atoms with E-state index in [0.29, 0.717) is 11.1 Å².